The molecule has 45 heavy (non-hydrogen) atoms. The van der Waals surface area contributed by atoms with Crippen LogP contribution in [-0.2, 0) is 24.5 Å². The molecule has 0 bridgehead atoms. The van der Waals surface area contributed by atoms with Crippen molar-refractivity contribution in [2.75, 3.05) is 24.7 Å². The quantitative estimate of drug-likeness (QED) is 0.139. The van der Waals surface area contributed by atoms with E-state index in [2.05, 4.69) is 63.4 Å². The Bertz CT molecular complexity index is 1140. The maximum atomic E-state index is 12.3. The number of hydrogen-bond acceptors (Lipinski definition) is 8. The second-order valence-corrected chi connectivity index (χ2v) is 15.3. The SMILES string of the molecule is CC(C)(CCOC(C)(C)C(=O)CCS)Oc1ccc(C(C)(C)c2ccc(OC(C)(C)CCOC(C)(C)C(=O)CCS)cc2)cc1. The van der Waals surface area contributed by atoms with Gasteiger partial charge in [-0.15, -0.1) is 0 Å². The lowest BCUT2D eigenvalue weighted by Crippen LogP contribution is -2.38. The van der Waals surface area contributed by atoms with Gasteiger partial charge >= 0.3 is 0 Å². The summed E-state index contributed by atoms with van der Waals surface area (Å²) >= 11 is 8.32. The maximum Gasteiger partial charge on any atom is 0.164 e. The van der Waals surface area contributed by atoms with Crippen LogP contribution in [0, 0.1) is 0 Å². The van der Waals surface area contributed by atoms with Crippen LogP contribution in [0.1, 0.15) is 106 Å². The fraction of sp³-hybridized carbons (Fsp3) is 0.622. The van der Waals surface area contributed by atoms with Gasteiger partial charge in [0.25, 0.3) is 0 Å². The van der Waals surface area contributed by atoms with Crippen LogP contribution in [0.2, 0.25) is 0 Å². The topological polar surface area (TPSA) is 71.1 Å². The Kier molecular flexibility index (Phi) is 14.1. The van der Waals surface area contributed by atoms with Gasteiger partial charge in [-0.3, -0.25) is 9.59 Å². The largest absolute Gasteiger partial charge is 0.488 e. The zero-order chi connectivity index (χ0) is 34.1. The van der Waals surface area contributed by atoms with Crippen LogP contribution in [0.15, 0.2) is 48.5 Å². The van der Waals surface area contributed by atoms with Crippen LogP contribution in [0.25, 0.3) is 0 Å². The molecule has 8 heteroatoms. The van der Waals surface area contributed by atoms with Gasteiger partial charge in [0.1, 0.15) is 33.9 Å². The van der Waals surface area contributed by atoms with E-state index in [0.29, 0.717) is 50.4 Å². The first kappa shape index (κ1) is 39.2. The van der Waals surface area contributed by atoms with Crippen molar-refractivity contribution in [3.63, 3.8) is 0 Å². The molecule has 0 saturated heterocycles. The molecule has 0 fully saturated rings. The Labute approximate surface area is 283 Å². The van der Waals surface area contributed by atoms with E-state index in [-0.39, 0.29) is 17.0 Å². The van der Waals surface area contributed by atoms with Crippen molar-refractivity contribution >= 4 is 36.8 Å². The first-order valence-corrected chi connectivity index (χ1v) is 17.2. The first-order valence-electron chi connectivity index (χ1n) is 15.9. The summed E-state index contributed by atoms with van der Waals surface area (Å²) < 4.78 is 24.5. The molecular formula is C37H56O6S2. The van der Waals surface area contributed by atoms with E-state index < -0.39 is 22.4 Å². The molecule has 0 unspecified atom stereocenters. The van der Waals surface area contributed by atoms with Crippen molar-refractivity contribution in [3.8, 4) is 11.5 Å². The summed E-state index contributed by atoms with van der Waals surface area (Å²) in [5.41, 5.74) is -0.478. The van der Waals surface area contributed by atoms with Crippen molar-refractivity contribution in [3.05, 3.63) is 59.7 Å². The number of ether oxygens (including phenoxy) is 4. The molecule has 0 atom stereocenters. The van der Waals surface area contributed by atoms with E-state index in [0.717, 1.165) is 11.5 Å². The summed E-state index contributed by atoms with van der Waals surface area (Å²) in [7, 11) is 0. The predicted octanol–water partition coefficient (Wildman–Crippen LogP) is 8.48. The van der Waals surface area contributed by atoms with E-state index in [9.17, 15) is 9.59 Å². The summed E-state index contributed by atoms with van der Waals surface area (Å²) in [5, 5.41) is 0. The molecule has 2 rings (SSSR count). The van der Waals surface area contributed by atoms with Gasteiger partial charge < -0.3 is 18.9 Å². The van der Waals surface area contributed by atoms with Gasteiger partial charge in [0.2, 0.25) is 0 Å². The van der Waals surface area contributed by atoms with E-state index in [1.54, 1.807) is 0 Å². The van der Waals surface area contributed by atoms with Crippen LogP contribution in [0.3, 0.4) is 0 Å². The van der Waals surface area contributed by atoms with Gasteiger partial charge in [-0.25, -0.2) is 0 Å². The van der Waals surface area contributed by atoms with Gasteiger partial charge in [-0.05, 0) is 102 Å². The molecule has 0 radical (unpaired) electrons. The fourth-order valence-corrected chi connectivity index (χ4v) is 5.26. The average Bonchev–Trinajstić information content (AvgIpc) is 2.93. The van der Waals surface area contributed by atoms with Crippen LogP contribution in [0.4, 0.5) is 0 Å². The summed E-state index contributed by atoms with van der Waals surface area (Å²) in [5.74, 6) is 2.72. The summed E-state index contributed by atoms with van der Waals surface area (Å²) in [4.78, 5) is 24.5. The molecule has 2 aromatic rings. The Balaban J connectivity index is 1.96. The molecule has 0 aliphatic carbocycles. The number of rotatable bonds is 20. The third kappa shape index (κ3) is 12.3. The van der Waals surface area contributed by atoms with Crippen molar-refractivity contribution < 1.29 is 28.5 Å². The maximum absolute atomic E-state index is 12.3. The molecule has 0 N–H and O–H groups in total. The third-order valence-corrected chi connectivity index (χ3v) is 8.74. The minimum atomic E-state index is -0.826. The summed E-state index contributed by atoms with van der Waals surface area (Å²) in [6.07, 6.45) is 2.08. The highest BCUT2D eigenvalue weighted by Crippen LogP contribution is 2.35. The van der Waals surface area contributed by atoms with Crippen molar-refractivity contribution in [1.82, 2.24) is 0 Å². The van der Waals surface area contributed by atoms with E-state index in [1.165, 1.54) is 11.1 Å². The number of carbonyl (C=O) groups is 2. The Morgan fingerprint density at radius 1 is 0.556 bits per heavy atom. The van der Waals surface area contributed by atoms with E-state index in [1.807, 2.05) is 79.7 Å². The monoisotopic (exact) mass is 660 g/mol. The molecule has 0 aliphatic heterocycles. The van der Waals surface area contributed by atoms with E-state index in [4.69, 9.17) is 18.9 Å². The lowest BCUT2D eigenvalue weighted by molar-refractivity contribution is -0.141. The molecule has 0 aromatic heterocycles. The second-order valence-electron chi connectivity index (χ2n) is 14.4. The number of Topliss-reactive ketones (excluding diaryl/α,β-unsaturated/α-hetero) is 2. The van der Waals surface area contributed by atoms with Crippen LogP contribution in [0.5, 0.6) is 11.5 Å². The molecule has 252 valence electrons. The number of benzene rings is 2. The molecule has 0 spiro atoms. The highest BCUT2D eigenvalue weighted by Gasteiger charge is 2.31. The van der Waals surface area contributed by atoms with Gasteiger partial charge in [0.15, 0.2) is 11.6 Å². The van der Waals surface area contributed by atoms with Gasteiger partial charge in [-0.2, -0.15) is 25.3 Å². The van der Waals surface area contributed by atoms with Crippen molar-refractivity contribution in [1.29, 1.82) is 0 Å². The van der Waals surface area contributed by atoms with Crippen LogP contribution < -0.4 is 9.47 Å². The smallest absolute Gasteiger partial charge is 0.164 e. The predicted molar refractivity (Wildman–Crippen MR) is 191 cm³/mol. The number of hydrogen-bond donors (Lipinski definition) is 2. The normalized spacial score (nSPS) is 13.1. The fourth-order valence-electron chi connectivity index (χ4n) is 4.86. The molecule has 2 aromatic carbocycles. The summed E-state index contributed by atoms with van der Waals surface area (Å²) in [6, 6.07) is 16.5. The van der Waals surface area contributed by atoms with Gasteiger partial charge in [-0.1, -0.05) is 38.1 Å². The van der Waals surface area contributed by atoms with E-state index >= 15 is 0 Å². The minimum absolute atomic E-state index is 0.0564. The lowest BCUT2D eigenvalue weighted by Gasteiger charge is -2.31. The number of carbonyl (C=O) groups excluding carboxylic acids is 2. The molecule has 0 heterocycles. The second kappa shape index (κ2) is 16.2. The Morgan fingerprint density at radius 3 is 1.16 bits per heavy atom. The highest BCUT2D eigenvalue weighted by molar-refractivity contribution is 7.80. The minimum Gasteiger partial charge on any atom is -0.488 e. The molecule has 0 amide bonds. The molecular weight excluding hydrogens is 605 g/mol. The zero-order valence-electron chi connectivity index (χ0n) is 29.1. The van der Waals surface area contributed by atoms with Crippen molar-refractivity contribution in [2.24, 2.45) is 0 Å². The third-order valence-electron chi connectivity index (χ3n) is 8.30. The van der Waals surface area contributed by atoms with Gasteiger partial charge in [0, 0.05) is 31.1 Å². The lowest BCUT2D eigenvalue weighted by atomic mass is 9.78. The average molecular weight is 661 g/mol. The van der Waals surface area contributed by atoms with Crippen molar-refractivity contribution in [2.45, 2.75) is 123 Å². The Morgan fingerprint density at radius 2 is 0.867 bits per heavy atom. The zero-order valence-corrected chi connectivity index (χ0v) is 30.9. The van der Waals surface area contributed by atoms with Gasteiger partial charge in [0.05, 0.1) is 13.2 Å². The number of ketones is 2. The summed E-state index contributed by atoms with van der Waals surface area (Å²) in [6.45, 7) is 20.6. The van der Waals surface area contributed by atoms with Crippen LogP contribution >= 0.6 is 25.3 Å². The molecule has 0 saturated carbocycles. The number of thiol groups is 2. The Hall–Kier alpha value is -2.00. The van der Waals surface area contributed by atoms with Crippen LogP contribution in [-0.4, -0.2) is 58.7 Å². The first-order chi connectivity index (χ1) is 20.7. The highest BCUT2D eigenvalue weighted by atomic mass is 32.1. The molecule has 6 nitrogen and oxygen atoms in total. The standard InChI is InChI=1S/C37H56O6S2/c1-33(2,21-23-40-36(7,8)31(38)19-25-44)42-29-15-11-27(12-16-29)35(5,6)28-13-17-30(18-14-28)43-34(3,4)22-24-41-37(9,10)32(39)20-26-45/h11-18,44-45H,19-26H2,1-10H3. The molecule has 0 aliphatic rings.